The summed E-state index contributed by atoms with van der Waals surface area (Å²) in [6.45, 7) is 1.68. The van der Waals surface area contributed by atoms with Gasteiger partial charge in [0.25, 0.3) is 5.91 Å². The minimum absolute atomic E-state index is 0.127. The summed E-state index contributed by atoms with van der Waals surface area (Å²) in [4.78, 5) is 12.0. The topological polar surface area (TPSA) is 91.6 Å². The highest BCUT2D eigenvalue weighted by atomic mass is 35.5. The van der Waals surface area contributed by atoms with Gasteiger partial charge in [0.1, 0.15) is 0 Å². The summed E-state index contributed by atoms with van der Waals surface area (Å²) >= 11 is 10.6. The fraction of sp³-hybridized carbons (Fsp3) is 0.158. The fourth-order valence-corrected chi connectivity index (χ4v) is 5.40. The average molecular weight is 465 g/mol. The Hall–Kier alpha value is -2.07. The number of rotatable bonds is 8. The lowest BCUT2D eigenvalue weighted by Crippen LogP contribution is -2.21. The number of amides is 1. The van der Waals surface area contributed by atoms with Crippen molar-refractivity contribution in [2.75, 3.05) is 5.75 Å². The summed E-state index contributed by atoms with van der Waals surface area (Å²) in [5, 5.41) is 23.7. The first kappa shape index (κ1) is 21.6. The highest BCUT2D eigenvalue weighted by molar-refractivity contribution is 8.03. The van der Waals surface area contributed by atoms with E-state index in [2.05, 4.69) is 20.7 Å². The van der Waals surface area contributed by atoms with Crippen LogP contribution in [0.4, 0.5) is 0 Å². The molecule has 0 aliphatic carbocycles. The van der Waals surface area contributed by atoms with Crippen LogP contribution >= 0.6 is 46.5 Å². The van der Waals surface area contributed by atoms with Crippen molar-refractivity contribution in [3.63, 3.8) is 0 Å². The summed E-state index contributed by atoms with van der Waals surface area (Å²) in [5.74, 6) is 0.514. The molecular weight excluding hydrogens is 448 g/mol. The van der Waals surface area contributed by atoms with Gasteiger partial charge in [-0.15, -0.1) is 0 Å². The molecule has 1 amide bonds. The summed E-state index contributed by atoms with van der Waals surface area (Å²) in [6, 6.07) is 14.3. The highest BCUT2D eigenvalue weighted by Crippen LogP contribution is 2.30. The molecule has 0 atom stereocenters. The SMILES string of the molecule is C/C(=N/NC(=O)CSc1n[nH+]c(SCc2ccccc2Cl)s1)c1ccccc1[O-]. The molecule has 0 bridgehead atoms. The third-order valence-electron chi connectivity index (χ3n) is 3.69. The normalized spacial score (nSPS) is 11.4. The van der Waals surface area contributed by atoms with Crippen LogP contribution in [-0.4, -0.2) is 22.5 Å². The van der Waals surface area contributed by atoms with Gasteiger partial charge in [0.15, 0.2) is 0 Å². The third kappa shape index (κ3) is 6.46. The van der Waals surface area contributed by atoms with Crippen LogP contribution in [0.1, 0.15) is 18.1 Å². The predicted molar refractivity (Wildman–Crippen MR) is 117 cm³/mol. The summed E-state index contributed by atoms with van der Waals surface area (Å²) in [5.41, 5.74) is 4.47. The molecular formula is C19H17ClN4O2S3. The quantitative estimate of drug-likeness (QED) is 0.312. The van der Waals surface area contributed by atoms with Crippen LogP contribution in [0.25, 0.3) is 0 Å². The molecule has 1 heterocycles. The molecule has 0 fully saturated rings. The second-order valence-corrected chi connectivity index (χ2v) is 9.65. The minimum atomic E-state index is -0.266. The van der Waals surface area contributed by atoms with E-state index in [0.717, 1.165) is 25.0 Å². The Morgan fingerprint density at radius 3 is 2.79 bits per heavy atom. The van der Waals surface area contributed by atoms with Gasteiger partial charge in [0.2, 0.25) is 4.34 Å². The van der Waals surface area contributed by atoms with E-state index >= 15 is 0 Å². The van der Waals surface area contributed by atoms with Gasteiger partial charge in [-0.05, 0) is 47.2 Å². The number of nitrogens with one attached hydrogen (secondary N) is 2. The second-order valence-electron chi connectivity index (χ2n) is 5.78. The predicted octanol–water partition coefficient (Wildman–Crippen LogP) is 3.61. The molecule has 0 unspecified atom stereocenters. The number of hydrazone groups is 1. The molecule has 10 heteroatoms. The zero-order chi connectivity index (χ0) is 20.6. The van der Waals surface area contributed by atoms with Gasteiger partial charge in [-0.3, -0.25) is 4.79 Å². The Bertz CT molecular complexity index is 1030. The van der Waals surface area contributed by atoms with E-state index in [1.165, 1.54) is 29.2 Å². The molecule has 6 nitrogen and oxygen atoms in total. The van der Waals surface area contributed by atoms with Gasteiger partial charge in [-0.2, -0.15) is 5.10 Å². The number of halogens is 1. The Morgan fingerprint density at radius 1 is 1.24 bits per heavy atom. The smallest absolute Gasteiger partial charge is 0.323 e. The van der Waals surface area contributed by atoms with Gasteiger partial charge in [-0.1, -0.05) is 76.7 Å². The summed E-state index contributed by atoms with van der Waals surface area (Å²) in [6.07, 6.45) is 0. The maximum Gasteiger partial charge on any atom is 0.323 e. The van der Waals surface area contributed by atoms with E-state index in [0.29, 0.717) is 11.3 Å². The van der Waals surface area contributed by atoms with Gasteiger partial charge < -0.3 is 5.11 Å². The van der Waals surface area contributed by atoms with Crippen LogP contribution in [0, 0.1) is 0 Å². The number of benzene rings is 2. The molecule has 0 saturated heterocycles. The lowest BCUT2D eigenvalue weighted by Gasteiger charge is -2.12. The first-order valence-electron chi connectivity index (χ1n) is 8.50. The first-order chi connectivity index (χ1) is 14.0. The highest BCUT2D eigenvalue weighted by Gasteiger charge is 2.14. The molecule has 0 saturated carbocycles. The lowest BCUT2D eigenvalue weighted by molar-refractivity contribution is -0.492. The summed E-state index contributed by atoms with van der Waals surface area (Å²) < 4.78 is 1.70. The Morgan fingerprint density at radius 2 is 2.00 bits per heavy atom. The van der Waals surface area contributed by atoms with E-state index in [1.54, 1.807) is 36.9 Å². The minimum Gasteiger partial charge on any atom is -0.872 e. The van der Waals surface area contributed by atoms with Gasteiger partial charge in [0.05, 0.1) is 11.5 Å². The number of hydrogen-bond donors (Lipinski definition) is 1. The van der Waals surface area contributed by atoms with Crippen molar-refractivity contribution < 1.29 is 15.0 Å². The molecule has 2 N–H and O–H groups in total. The second kappa shape index (κ2) is 10.6. The molecule has 0 aliphatic heterocycles. The van der Waals surface area contributed by atoms with Gasteiger partial charge in [0, 0.05) is 15.9 Å². The number of thioether (sulfide) groups is 2. The van der Waals surface area contributed by atoms with E-state index in [9.17, 15) is 9.90 Å². The van der Waals surface area contributed by atoms with E-state index < -0.39 is 0 Å². The van der Waals surface area contributed by atoms with Crippen molar-refractivity contribution in [1.29, 1.82) is 0 Å². The van der Waals surface area contributed by atoms with Crippen LogP contribution in [0.15, 0.2) is 62.3 Å². The average Bonchev–Trinajstić information content (AvgIpc) is 3.18. The zero-order valence-corrected chi connectivity index (χ0v) is 18.6. The van der Waals surface area contributed by atoms with Crippen molar-refractivity contribution in [3.8, 4) is 5.75 Å². The van der Waals surface area contributed by atoms with Crippen molar-refractivity contribution in [2.45, 2.75) is 21.4 Å². The van der Waals surface area contributed by atoms with Crippen LogP contribution in [0.3, 0.4) is 0 Å². The third-order valence-corrected chi connectivity index (χ3v) is 7.36. The monoisotopic (exact) mass is 464 g/mol. The van der Waals surface area contributed by atoms with Crippen molar-refractivity contribution in [1.82, 2.24) is 10.5 Å². The summed E-state index contributed by atoms with van der Waals surface area (Å²) in [7, 11) is 0. The first-order valence-corrected chi connectivity index (χ1v) is 11.7. The number of aromatic amines is 1. The van der Waals surface area contributed by atoms with Gasteiger partial charge >= 0.3 is 4.34 Å². The maximum absolute atomic E-state index is 12.0. The lowest BCUT2D eigenvalue weighted by atomic mass is 10.1. The molecule has 29 heavy (non-hydrogen) atoms. The van der Waals surface area contributed by atoms with Gasteiger partial charge in [-0.25, -0.2) is 5.43 Å². The number of H-pyrrole nitrogens is 1. The van der Waals surface area contributed by atoms with E-state index in [4.69, 9.17) is 11.6 Å². The fourth-order valence-electron chi connectivity index (χ4n) is 2.23. The van der Waals surface area contributed by atoms with Crippen LogP contribution in [0.2, 0.25) is 5.02 Å². The van der Waals surface area contributed by atoms with Crippen molar-refractivity contribution in [2.24, 2.45) is 5.10 Å². The maximum atomic E-state index is 12.0. The number of hydrogen-bond acceptors (Lipinski definition) is 7. The Kier molecular flexibility index (Phi) is 7.93. The molecule has 2 aromatic carbocycles. The largest absolute Gasteiger partial charge is 0.872 e. The molecule has 3 aromatic rings. The molecule has 0 spiro atoms. The Balaban J connectivity index is 1.47. The molecule has 0 radical (unpaired) electrons. The number of para-hydroxylation sites is 1. The molecule has 0 aliphatic rings. The molecule has 150 valence electrons. The number of aromatic nitrogens is 2. The zero-order valence-electron chi connectivity index (χ0n) is 15.3. The van der Waals surface area contributed by atoms with E-state index in [1.807, 2.05) is 24.3 Å². The van der Waals surface area contributed by atoms with Crippen LogP contribution in [-0.2, 0) is 10.5 Å². The molecule has 1 aromatic heterocycles. The van der Waals surface area contributed by atoms with E-state index in [-0.39, 0.29) is 17.4 Å². The number of nitrogens with zero attached hydrogens (tertiary/aromatic N) is 2. The van der Waals surface area contributed by atoms with Crippen molar-refractivity contribution >= 4 is 58.1 Å². The number of carbonyl (C=O) groups is 1. The van der Waals surface area contributed by atoms with Crippen LogP contribution < -0.4 is 15.6 Å². The number of carbonyl (C=O) groups excluding carboxylic acids is 1. The molecule has 3 rings (SSSR count). The standard InChI is InChI=1S/C19H17ClN4O2S3/c1-12(14-7-3-5-9-16(14)25)21-22-17(26)11-28-19-24-23-18(29-19)27-10-13-6-2-4-8-15(13)20/h2-9,25H,10-11H2,1H3,(H,22,26)/b21-12-. The Labute approximate surface area is 185 Å². The van der Waals surface area contributed by atoms with Crippen LogP contribution in [0.5, 0.6) is 5.75 Å². The van der Waals surface area contributed by atoms with Crippen molar-refractivity contribution in [3.05, 3.63) is 64.7 Å².